The van der Waals surface area contributed by atoms with Crippen LogP contribution in [0, 0.1) is 5.41 Å². The van der Waals surface area contributed by atoms with Crippen LogP contribution in [-0.4, -0.2) is 62.8 Å². The van der Waals surface area contributed by atoms with Gasteiger partial charge in [0.1, 0.15) is 5.76 Å². The summed E-state index contributed by atoms with van der Waals surface area (Å²) in [7, 11) is -3.17. The van der Waals surface area contributed by atoms with E-state index in [1.807, 2.05) is 19.1 Å². The summed E-state index contributed by atoms with van der Waals surface area (Å²) in [5.74, 6) is 1.17. The van der Waals surface area contributed by atoms with Gasteiger partial charge in [0.2, 0.25) is 10.0 Å². The Morgan fingerprint density at radius 2 is 2.17 bits per heavy atom. The molecule has 2 saturated heterocycles. The van der Waals surface area contributed by atoms with Gasteiger partial charge in [-0.1, -0.05) is 6.92 Å². The minimum absolute atomic E-state index is 0.0933. The van der Waals surface area contributed by atoms with Crippen LogP contribution in [0.1, 0.15) is 25.5 Å². The lowest BCUT2D eigenvalue weighted by atomic mass is 9.88. The fraction of sp³-hybridized carbons (Fsp3) is 0.750. The highest BCUT2D eigenvalue weighted by Gasteiger charge is 2.43. The summed E-state index contributed by atoms with van der Waals surface area (Å²) in [6, 6.07) is 3.88. The van der Waals surface area contributed by atoms with Gasteiger partial charge in [-0.2, -0.15) is 4.31 Å². The molecule has 7 heteroatoms. The highest BCUT2D eigenvalue weighted by atomic mass is 32.2. The molecule has 0 radical (unpaired) electrons. The molecule has 1 atom stereocenters. The molecule has 2 aliphatic heterocycles. The minimum Gasteiger partial charge on any atom is -0.468 e. The second-order valence-corrected chi connectivity index (χ2v) is 8.83. The summed E-state index contributed by atoms with van der Waals surface area (Å²) in [5.41, 5.74) is -0.0933. The normalized spacial score (nSPS) is 27.5. The first kappa shape index (κ1) is 17.0. The summed E-state index contributed by atoms with van der Waals surface area (Å²) in [4.78, 5) is 2.33. The maximum atomic E-state index is 12.5. The molecule has 3 heterocycles. The Labute approximate surface area is 138 Å². The van der Waals surface area contributed by atoms with Crippen LogP contribution in [0.3, 0.4) is 0 Å². The van der Waals surface area contributed by atoms with E-state index in [2.05, 4.69) is 4.90 Å². The van der Waals surface area contributed by atoms with Crippen molar-refractivity contribution in [2.24, 2.45) is 5.41 Å². The second kappa shape index (κ2) is 6.93. The van der Waals surface area contributed by atoms with Crippen LogP contribution in [0.4, 0.5) is 0 Å². The Morgan fingerprint density at radius 1 is 1.30 bits per heavy atom. The van der Waals surface area contributed by atoms with Crippen LogP contribution >= 0.6 is 0 Å². The molecule has 0 saturated carbocycles. The lowest BCUT2D eigenvalue weighted by Gasteiger charge is -2.31. The molecule has 2 fully saturated rings. The standard InChI is InChI=1S/C16H26N2O4S/c1-2-10-23(19,20)18-7-9-21-14-16(13-18)5-6-17(12-16)11-15-4-3-8-22-15/h3-4,8H,2,5-7,9-14H2,1H3/t16-/m1/s1. The fourth-order valence-electron chi connectivity index (χ4n) is 3.61. The molecule has 2 aliphatic rings. The van der Waals surface area contributed by atoms with Crippen LogP contribution in [0.25, 0.3) is 0 Å². The van der Waals surface area contributed by atoms with Gasteiger partial charge in [0.25, 0.3) is 0 Å². The van der Waals surface area contributed by atoms with E-state index in [4.69, 9.17) is 9.15 Å². The van der Waals surface area contributed by atoms with E-state index in [1.54, 1.807) is 10.6 Å². The summed E-state index contributed by atoms with van der Waals surface area (Å²) < 4.78 is 37.8. The molecule has 1 aromatic heterocycles. The molecule has 1 aromatic rings. The monoisotopic (exact) mass is 342 g/mol. The first-order chi connectivity index (χ1) is 11.0. The zero-order valence-corrected chi connectivity index (χ0v) is 14.6. The van der Waals surface area contributed by atoms with E-state index in [0.717, 1.165) is 31.8 Å². The number of hydrogen-bond acceptors (Lipinski definition) is 5. The Bertz CT molecular complexity index is 602. The predicted octanol–water partition coefficient (Wildman–Crippen LogP) is 1.54. The van der Waals surface area contributed by atoms with E-state index >= 15 is 0 Å². The van der Waals surface area contributed by atoms with Gasteiger partial charge in [0.05, 0.1) is 31.8 Å². The van der Waals surface area contributed by atoms with Crippen molar-refractivity contribution in [3.05, 3.63) is 24.2 Å². The van der Waals surface area contributed by atoms with Crippen molar-refractivity contribution in [1.82, 2.24) is 9.21 Å². The average Bonchev–Trinajstić information content (AvgIpc) is 3.07. The lowest BCUT2D eigenvalue weighted by molar-refractivity contribution is 0.0716. The first-order valence-corrected chi connectivity index (χ1v) is 9.94. The van der Waals surface area contributed by atoms with E-state index < -0.39 is 10.0 Å². The van der Waals surface area contributed by atoms with Gasteiger partial charge in [-0.05, 0) is 31.5 Å². The van der Waals surface area contributed by atoms with Crippen molar-refractivity contribution in [2.45, 2.75) is 26.3 Å². The zero-order valence-electron chi connectivity index (χ0n) is 13.7. The van der Waals surface area contributed by atoms with Crippen molar-refractivity contribution < 1.29 is 17.6 Å². The maximum Gasteiger partial charge on any atom is 0.214 e. The number of hydrogen-bond donors (Lipinski definition) is 0. The molecule has 0 aromatic carbocycles. The lowest BCUT2D eigenvalue weighted by Crippen LogP contribution is -2.44. The van der Waals surface area contributed by atoms with Crippen molar-refractivity contribution in [2.75, 3.05) is 45.1 Å². The largest absolute Gasteiger partial charge is 0.468 e. The number of ether oxygens (including phenoxy) is 1. The predicted molar refractivity (Wildman–Crippen MR) is 87.5 cm³/mol. The molecule has 6 nitrogen and oxygen atoms in total. The maximum absolute atomic E-state index is 12.5. The summed E-state index contributed by atoms with van der Waals surface area (Å²) >= 11 is 0. The first-order valence-electron chi connectivity index (χ1n) is 8.33. The Hall–Kier alpha value is -0.890. The molecule has 0 bridgehead atoms. The summed E-state index contributed by atoms with van der Waals surface area (Å²) in [6.45, 7) is 6.66. The number of likely N-dealkylation sites (tertiary alicyclic amines) is 1. The van der Waals surface area contributed by atoms with Gasteiger partial charge in [0, 0.05) is 25.0 Å². The highest BCUT2D eigenvalue weighted by Crippen LogP contribution is 2.35. The average molecular weight is 342 g/mol. The molecular formula is C16H26N2O4S. The number of furan rings is 1. The quantitative estimate of drug-likeness (QED) is 0.812. The zero-order chi connectivity index (χ0) is 16.3. The van der Waals surface area contributed by atoms with Crippen LogP contribution in [0.15, 0.2) is 22.8 Å². The molecule has 130 valence electrons. The van der Waals surface area contributed by atoms with Crippen molar-refractivity contribution in [3.63, 3.8) is 0 Å². The van der Waals surface area contributed by atoms with Crippen LogP contribution < -0.4 is 0 Å². The highest BCUT2D eigenvalue weighted by molar-refractivity contribution is 7.89. The molecular weight excluding hydrogens is 316 g/mol. The van der Waals surface area contributed by atoms with Crippen molar-refractivity contribution in [1.29, 1.82) is 0 Å². The molecule has 1 spiro atoms. The summed E-state index contributed by atoms with van der Waals surface area (Å²) in [6.07, 6.45) is 3.30. The van der Waals surface area contributed by atoms with Gasteiger partial charge < -0.3 is 9.15 Å². The van der Waals surface area contributed by atoms with Crippen LogP contribution in [0.2, 0.25) is 0 Å². The van der Waals surface area contributed by atoms with Gasteiger partial charge in [-0.25, -0.2) is 8.42 Å². The Morgan fingerprint density at radius 3 is 2.91 bits per heavy atom. The molecule has 3 rings (SSSR count). The molecule has 0 aliphatic carbocycles. The van der Waals surface area contributed by atoms with Gasteiger partial charge in [-0.15, -0.1) is 0 Å². The SMILES string of the molecule is CCCS(=O)(=O)N1CCOC[C@@]2(CCN(Cc3ccco3)C2)C1. The molecule has 0 N–H and O–H groups in total. The molecule has 0 amide bonds. The van der Waals surface area contributed by atoms with E-state index in [9.17, 15) is 8.42 Å². The Kier molecular flexibility index (Phi) is 5.10. The van der Waals surface area contributed by atoms with Crippen LogP contribution in [-0.2, 0) is 21.3 Å². The van der Waals surface area contributed by atoms with Crippen molar-refractivity contribution >= 4 is 10.0 Å². The number of nitrogens with zero attached hydrogens (tertiary/aromatic N) is 2. The van der Waals surface area contributed by atoms with E-state index in [0.29, 0.717) is 32.7 Å². The topological polar surface area (TPSA) is 63.0 Å². The van der Waals surface area contributed by atoms with Gasteiger partial charge >= 0.3 is 0 Å². The third-order valence-corrected chi connectivity index (χ3v) is 6.76. The van der Waals surface area contributed by atoms with Gasteiger partial charge in [-0.3, -0.25) is 4.90 Å². The van der Waals surface area contributed by atoms with E-state index in [1.165, 1.54) is 0 Å². The number of sulfonamides is 1. The fourth-order valence-corrected chi connectivity index (χ4v) is 5.21. The molecule has 0 unspecified atom stereocenters. The number of rotatable bonds is 5. The third kappa shape index (κ3) is 3.96. The minimum atomic E-state index is -3.17. The Balaban J connectivity index is 1.68. The smallest absolute Gasteiger partial charge is 0.214 e. The third-order valence-electron chi connectivity index (χ3n) is 4.74. The van der Waals surface area contributed by atoms with Crippen LogP contribution in [0.5, 0.6) is 0 Å². The van der Waals surface area contributed by atoms with Gasteiger partial charge in [0.15, 0.2) is 0 Å². The molecule has 23 heavy (non-hydrogen) atoms. The second-order valence-electron chi connectivity index (χ2n) is 6.74. The summed E-state index contributed by atoms with van der Waals surface area (Å²) in [5, 5.41) is 0. The van der Waals surface area contributed by atoms with Crippen molar-refractivity contribution in [3.8, 4) is 0 Å². The van der Waals surface area contributed by atoms with E-state index in [-0.39, 0.29) is 11.2 Å².